The van der Waals surface area contributed by atoms with Gasteiger partial charge in [-0.3, -0.25) is 4.40 Å². The lowest BCUT2D eigenvalue weighted by atomic mass is 10.0. The number of rotatable bonds is 2. The van der Waals surface area contributed by atoms with Gasteiger partial charge in [-0.2, -0.15) is 0 Å². The van der Waals surface area contributed by atoms with Crippen LogP contribution in [0.1, 0.15) is 11.1 Å². The van der Waals surface area contributed by atoms with Crippen LogP contribution in [0.4, 0.5) is 5.82 Å². The van der Waals surface area contributed by atoms with Crippen LogP contribution < -0.4 is 10.5 Å². The molecular formula is C14H15N3OS. The van der Waals surface area contributed by atoms with Gasteiger partial charge in [-0.1, -0.05) is 6.07 Å². The van der Waals surface area contributed by atoms with Gasteiger partial charge in [0.1, 0.15) is 11.6 Å². The summed E-state index contributed by atoms with van der Waals surface area (Å²) in [5.41, 5.74) is 10.2. The molecule has 0 fully saturated rings. The Hall–Kier alpha value is -2.01. The normalized spacial score (nSPS) is 11.1. The molecule has 0 spiro atoms. The van der Waals surface area contributed by atoms with Crippen LogP contribution in [0.25, 0.3) is 16.2 Å². The molecule has 0 saturated carbocycles. The average molecular weight is 273 g/mol. The second-order valence-electron chi connectivity index (χ2n) is 4.60. The third kappa shape index (κ3) is 1.86. The van der Waals surface area contributed by atoms with Crippen molar-refractivity contribution in [3.05, 3.63) is 34.8 Å². The highest BCUT2D eigenvalue weighted by Gasteiger charge is 2.15. The zero-order valence-electron chi connectivity index (χ0n) is 11.1. The summed E-state index contributed by atoms with van der Waals surface area (Å²) >= 11 is 1.54. The topological polar surface area (TPSA) is 52.5 Å². The molecule has 2 aromatic heterocycles. The average Bonchev–Trinajstić information content (AvgIpc) is 2.91. The number of fused-ring (bicyclic) bond motifs is 1. The van der Waals surface area contributed by atoms with Crippen molar-refractivity contribution in [2.45, 2.75) is 13.8 Å². The van der Waals surface area contributed by atoms with E-state index in [-0.39, 0.29) is 0 Å². The van der Waals surface area contributed by atoms with Crippen LogP contribution in [0.2, 0.25) is 0 Å². The third-order valence-electron chi connectivity index (χ3n) is 3.16. The summed E-state index contributed by atoms with van der Waals surface area (Å²) in [6.45, 7) is 4.13. The summed E-state index contributed by atoms with van der Waals surface area (Å²) in [4.78, 5) is 5.52. The Morgan fingerprint density at radius 2 is 2.11 bits per heavy atom. The summed E-state index contributed by atoms with van der Waals surface area (Å²) < 4.78 is 7.39. The number of aryl methyl sites for hydroxylation is 2. The Kier molecular flexibility index (Phi) is 2.71. The molecule has 0 aliphatic carbocycles. The molecule has 0 saturated heterocycles. The number of thiazole rings is 1. The fourth-order valence-corrected chi connectivity index (χ4v) is 3.10. The Morgan fingerprint density at radius 3 is 2.79 bits per heavy atom. The number of hydrogen-bond donors (Lipinski definition) is 1. The number of ether oxygens (including phenoxy) is 1. The number of methoxy groups -OCH3 is 1. The standard InChI is InChI=1S/C14H15N3OS/c1-8-4-9(2)13(11(5-8)18-3)10-6-17-12(15)7-19-14(17)16-10/h4-7H,15H2,1-3H3. The van der Waals surface area contributed by atoms with Crippen LogP contribution in [0.15, 0.2) is 23.7 Å². The van der Waals surface area contributed by atoms with Crippen molar-refractivity contribution in [1.82, 2.24) is 9.38 Å². The molecule has 2 N–H and O–H groups in total. The molecule has 0 radical (unpaired) electrons. The summed E-state index contributed by atoms with van der Waals surface area (Å²) in [5, 5.41) is 1.89. The Bertz CT molecular complexity index is 757. The lowest BCUT2D eigenvalue weighted by Crippen LogP contribution is -1.93. The largest absolute Gasteiger partial charge is 0.496 e. The van der Waals surface area contributed by atoms with E-state index in [2.05, 4.69) is 24.9 Å². The van der Waals surface area contributed by atoms with Crippen molar-refractivity contribution in [3.63, 3.8) is 0 Å². The molecule has 0 aliphatic rings. The SMILES string of the molecule is COc1cc(C)cc(C)c1-c1cn2c(N)csc2n1. The number of imidazole rings is 1. The minimum atomic E-state index is 0.711. The highest BCUT2D eigenvalue weighted by atomic mass is 32.1. The second kappa shape index (κ2) is 4.28. The van der Waals surface area contributed by atoms with Gasteiger partial charge in [0, 0.05) is 17.1 Å². The molecule has 3 aromatic rings. The van der Waals surface area contributed by atoms with Crippen molar-refractivity contribution >= 4 is 22.1 Å². The summed E-state index contributed by atoms with van der Waals surface area (Å²) in [6.07, 6.45) is 1.96. The minimum absolute atomic E-state index is 0.711. The molecule has 4 nitrogen and oxygen atoms in total. The minimum Gasteiger partial charge on any atom is -0.496 e. The molecule has 5 heteroatoms. The summed E-state index contributed by atoms with van der Waals surface area (Å²) in [5.74, 6) is 1.56. The van der Waals surface area contributed by atoms with E-state index in [0.717, 1.165) is 27.5 Å². The van der Waals surface area contributed by atoms with E-state index in [0.29, 0.717) is 5.82 Å². The fourth-order valence-electron chi connectivity index (χ4n) is 2.34. The lowest BCUT2D eigenvalue weighted by Gasteiger charge is -2.10. The number of nitrogen functional groups attached to an aromatic ring is 1. The number of nitrogens with zero attached hydrogens (tertiary/aromatic N) is 2. The second-order valence-corrected chi connectivity index (χ2v) is 5.43. The van der Waals surface area contributed by atoms with Crippen LogP contribution in [0.3, 0.4) is 0 Å². The molecule has 0 bridgehead atoms. The maximum atomic E-state index is 5.90. The first-order valence-electron chi connectivity index (χ1n) is 5.98. The van der Waals surface area contributed by atoms with Crippen LogP contribution in [0.5, 0.6) is 5.75 Å². The van der Waals surface area contributed by atoms with Gasteiger partial charge in [-0.15, -0.1) is 11.3 Å². The molecular weight excluding hydrogens is 258 g/mol. The van der Waals surface area contributed by atoms with Gasteiger partial charge < -0.3 is 10.5 Å². The quantitative estimate of drug-likeness (QED) is 0.779. The predicted molar refractivity (Wildman–Crippen MR) is 78.9 cm³/mol. The van der Waals surface area contributed by atoms with E-state index in [1.807, 2.05) is 22.0 Å². The van der Waals surface area contributed by atoms with Crippen LogP contribution in [-0.2, 0) is 0 Å². The molecule has 0 atom stereocenters. The van der Waals surface area contributed by atoms with Gasteiger partial charge >= 0.3 is 0 Å². The van der Waals surface area contributed by atoms with Crippen molar-refractivity contribution in [3.8, 4) is 17.0 Å². The fraction of sp³-hybridized carbons (Fsp3) is 0.214. The van der Waals surface area contributed by atoms with E-state index < -0.39 is 0 Å². The summed E-state index contributed by atoms with van der Waals surface area (Å²) in [6, 6.07) is 4.16. The zero-order chi connectivity index (χ0) is 13.6. The van der Waals surface area contributed by atoms with Crippen LogP contribution in [-0.4, -0.2) is 16.5 Å². The van der Waals surface area contributed by atoms with Gasteiger partial charge in [0.2, 0.25) is 0 Å². The zero-order valence-corrected chi connectivity index (χ0v) is 11.9. The van der Waals surface area contributed by atoms with E-state index in [1.165, 1.54) is 16.9 Å². The van der Waals surface area contributed by atoms with Crippen LogP contribution >= 0.6 is 11.3 Å². The number of hydrogen-bond acceptors (Lipinski definition) is 4. The van der Waals surface area contributed by atoms with Crippen LogP contribution in [0, 0.1) is 13.8 Å². The maximum absolute atomic E-state index is 5.90. The Labute approximate surface area is 115 Å². The number of benzene rings is 1. The number of anilines is 1. The van der Waals surface area contributed by atoms with Gasteiger partial charge in [-0.25, -0.2) is 4.98 Å². The lowest BCUT2D eigenvalue weighted by molar-refractivity contribution is 0.415. The first-order valence-corrected chi connectivity index (χ1v) is 6.86. The van der Waals surface area contributed by atoms with Gasteiger partial charge in [0.25, 0.3) is 0 Å². The molecule has 19 heavy (non-hydrogen) atoms. The van der Waals surface area contributed by atoms with Gasteiger partial charge in [0.15, 0.2) is 4.96 Å². The monoisotopic (exact) mass is 273 g/mol. The first-order chi connectivity index (χ1) is 9.10. The van der Waals surface area contributed by atoms with Crippen molar-refractivity contribution < 1.29 is 4.74 Å². The van der Waals surface area contributed by atoms with Gasteiger partial charge in [0.05, 0.1) is 12.8 Å². The van der Waals surface area contributed by atoms with Crippen molar-refractivity contribution in [2.75, 3.05) is 12.8 Å². The van der Waals surface area contributed by atoms with E-state index in [9.17, 15) is 0 Å². The molecule has 2 heterocycles. The highest BCUT2D eigenvalue weighted by Crippen LogP contribution is 2.35. The molecule has 3 rings (SSSR count). The van der Waals surface area contributed by atoms with E-state index in [4.69, 9.17) is 10.5 Å². The van der Waals surface area contributed by atoms with E-state index >= 15 is 0 Å². The maximum Gasteiger partial charge on any atom is 0.195 e. The molecule has 98 valence electrons. The van der Waals surface area contributed by atoms with Crippen molar-refractivity contribution in [2.24, 2.45) is 0 Å². The van der Waals surface area contributed by atoms with Gasteiger partial charge in [-0.05, 0) is 31.0 Å². The Balaban J connectivity index is 2.25. The van der Waals surface area contributed by atoms with Crippen molar-refractivity contribution in [1.29, 1.82) is 0 Å². The number of nitrogens with two attached hydrogens (primary N) is 1. The molecule has 0 amide bonds. The predicted octanol–water partition coefficient (Wildman–Crippen LogP) is 3.27. The summed E-state index contributed by atoms with van der Waals surface area (Å²) in [7, 11) is 1.69. The molecule has 1 aromatic carbocycles. The number of aromatic nitrogens is 2. The molecule has 0 unspecified atom stereocenters. The first kappa shape index (κ1) is 12.0. The Morgan fingerprint density at radius 1 is 1.32 bits per heavy atom. The smallest absolute Gasteiger partial charge is 0.195 e. The third-order valence-corrected chi connectivity index (χ3v) is 4.01. The highest BCUT2D eigenvalue weighted by molar-refractivity contribution is 7.15. The van der Waals surface area contributed by atoms with E-state index in [1.54, 1.807) is 7.11 Å². The molecule has 0 aliphatic heterocycles.